The zero-order valence-corrected chi connectivity index (χ0v) is 11.2. The normalized spacial score (nSPS) is 12.9. The Hall–Kier alpha value is -0.850. The Kier molecular flexibility index (Phi) is 3.63. The lowest BCUT2D eigenvalue weighted by molar-refractivity contribution is 0.569. The van der Waals surface area contributed by atoms with Crippen LogP contribution in [0.15, 0.2) is 5.51 Å². The molecule has 0 saturated carbocycles. The molecule has 4 nitrogen and oxygen atoms in total. The van der Waals surface area contributed by atoms with E-state index in [0.717, 1.165) is 22.3 Å². The van der Waals surface area contributed by atoms with Crippen LogP contribution in [-0.4, -0.2) is 15.2 Å². The van der Waals surface area contributed by atoms with E-state index in [2.05, 4.69) is 27.4 Å². The fourth-order valence-electron chi connectivity index (χ4n) is 1.32. The topological polar surface area (TPSA) is 50.7 Å². The molecule has 0 amide bonds. The SMILES string of the molecule is Cc1nnc(C(C)NCc2scnc2C)s1. The smallest absolute Gasteiger partial charge is 0.134 e. The minimum absolute atomic E-state index is 0.243. The first kappa shape index (κ1) is 11.6. The van der Waals surface area contributed by atoms with Crippen LogP contribution < -0.4 is 5.32 Å². The van der Waals surface area contributed by atoms with Crippen LogP contribution in [0.4, 0.5) is 0 Å². The molecule has 0 fully saturated rings. The Morgan fingerprint density at radius 2 is 2.19 bits per heavy atom. The standard InChI is InChI=1S/C10H14N4S2/c1-6-9(15-5-12-6)4-11-7(2)10-14-13-8(3)16-10/h5,7,11H,4H2,1-3H3. The summed E-state index contributed by atoms with van der Waals surface area (Å²) < 4.78 is 0. The second-order valence-electron chi connectivity index (χ2n) is 3.62. The molecule has 1 unspecified atom stereocenters. The van der Waals surface area contributed by atoms with E-state index in [-0.39, 0.29) is 6.04 Å². The highest BCUT2D eigenvalue weighted by Gasteiger charge is 2.11. The minimum Gasteiger partial charge on any atom is -0.303 e. The first-order valence-electron chi connectivity index (χ1n) is 5.09. The molecule has 0 aliphatic carbocycles. The molecule has 16 heavy (non-hydrogen) atoms. The van der Waals surface area contributed by atoms with Gasteiger partial charge in [-0.1, -0.05) is 0 Å². The van der Waals surface area contributed by atoms with Crippen LogP contribution in [-0.2, 0) is 6.54 Å². The number of thiazole rings is 1. The predicted molar refractivity (Wildman–Crippen MR) is 66.8 cm³/mol. The van der Waals surface area contributed by atoms with Crippen molar-refractivity contribution in [2.45, 2.75) is 33.4 Å². The number of hydrogen-bond acceptors (Lipinski definition) is 6. The molecule has 0 radical (unpaired) electrons. The van der Waals surface area contributed by atoms with Crippen molar-refractivity contribution >= 4 is 22.7 Å². The molecular formula is C10H14N4S2. The van der Waals surface area contributed by atoms with Gasteiger partial charge in [-0.2, -0.15) is 0 Å². The van der Waals surface area contributed by atoms with Crippen molar-refractivity contribution in [1.82, 2.24) is 20.5 Å². The number of rotatable bonds is 4. The summed E-state index contributed by atoms with van der Waals surface area (Å²) in [5, 5.41) is 13.6. The minimum atomic E-state index is 0.243. The van der Waals surface area contributed by atoms with Crippen LogP contribution in [0.1, 0.15) is 33.6 Å². The molecule has 2 rings (SSSR count). The second-order valence-corrected chi connectivity index (χ2v) is 5.78. The first-order chi connectivity index (χ1) is 7.66. The summed E-state index contributed by atoms with van der Waals surface area (Å²) in [4.78, 5) is 5.51. The van der Waals surface area contributed by atoms with Gasteiger partial charge >= 0.3 is 0 Å². The van der Waals surface area contributed by atoms with Crippen LogP contribution >= 0.6 is 22.7 Å². The maximum Gasteiger partial charge on any atom is 0.134 e. The summed E-state index contributed by atoms with van der Waals surface area (Å²) >= 11 is 3.33. The van der Waals surface area contributed by atoms with E-state index in [1.807, 2.05) is 19.4 Å². The quantitative estimate of drug-likeness (QED) is 0.910. The van der Waals surface area contributed by atoms with E-state index < -0.39 is 0 Å². The van der Waals surface area contributed by atoms with Crippen molar-refractivity contribution in [3.05, 3.63) is 26.1 Å². The monoisotopic (exact) mass is 254 g/mol. The fraction of sp³-hybridized carbons (Fsp3) is 0.500. The largest absolute Gasteiger partial charge is 0.303 e. The van der Waals surface area contributed by atoms with Crippen molar-refractivity contribution in [2.24, 2.45) is 0 Å². The highest BCUT2D eigenvalue weighted by atomic mass is 32.1. The number of aryl methyl sites for hydroxylation is 2. The van der Waals surface area contributed by atoms with Crippen LogP contribution in [0.25, 0.3) is 0 Å². The fourth-order valence-corrected chi connectivity index (χ4v) is 2.77. The summed E-state index contributed by atoms with van der Waals surface area (Å²) in [6.07, 6.45) is 0. The molecule has 2 aromatic heterocycles. The van der Waals surface area contributed by atoms with Gasteiger partial charge in [0.2, 0.25) is 0 Å². The lowest BCUT2D eigenvalue weighted by Gasteiger charge is -2.09. The van der Waals surface area contributed by atoms with Gasteiger partial charge in [0.05, 0.1) is 17.2 Å². The van der Waals surface area contributed by atoms with Crippen molar-refractivity contribution in [3.8, 4) is 0 Å². The molecule has 0 aromatic carbocycles. The molecule has 6 heteroatoms. The first-order valence-corrected chi connectivity index (χ1v) is 6.79. The third-order valence-electron chi connectivity index (χ3n) is 2.33. The molecule has 0 saturated heterocycles. The van der Waals surface area contributed by atoms with Gasteiger partial charge in [-0.3, -0.25) is 0 Å². The maximum atomic E-state index is 4.22. The summed E-state index contributed by atoms with van der Waals surface area (Å²) in [5.74, 6) is 0. The Morgan fingerprint density at radius 1 is 1.38 bits per heavy atom. The van der Waals surface area contributed by atoms with E-state index in [0.29, 0.717) is 0 Å². The molecule has 2 heterocycles. The predicted octanol–water partition coefficient (Wildman–Crippen LogP) is 2.46. The van der Waals surface area contributed by atoms with Gasteiger partial charge < -0.3 is 5.32 Å². The molecular weight excluding hydrogens is 240 g/mol. The van der Waals surface area contributed by atoms with Gasteiger partial charge in [0, 0.05) is 11.4 Å². The van der Waals surface area contributed by atoms with Crippen LogP contribution in [0.5, 0.6) is 0 Å². The Balaban J connectivity index is 1.93. The molecule has 86 valence electrons. The molecule has 0 aliphatic heterocycles. The average molecular weight is 254 g/mol. The van der Waals surface area contributed by atoms with Crippen LogP contribution in [0.2, 0.25) is 0 Å². The lowest BCUT2D eigenvalue weighted by atomic mass is 10.3. The lowest BCUT2D eigenvalue weighted by Crippen LogP contribution is -2.17. The van der Waals surface area contributed by atoms with Crippen molar-refractivity contribution in [1.29, 1.82) is 0 Å². The van der Waals surface area contributed by atoms with E-state index in [4.69, 9.17) is 0 Å². The van der Waals surface area contributed by atoms with Gasteiger partial charge in [-0.15, -0.1) is 32.9 Å². The Morgan fingerprint density at radius 3 is 2.75 bits per heavy atom. The van der Waals surface area contributed by atoms with Gasteiger partial charge in [-0.05, 0) is 20.8 Å². The Labute approximate surface area is 103 Å². The van der Waals surface area contributed by atoms with E-state index >= 15 is 0 Å². The average Bonchev–Trinajstić information content (AvgIpc) is 2.84. The van der Waals surface area contributed by atoms with E-state index in [1.165, 1.54) is 4.88 Å². The van der Waals surface area contributed by atoms with Crippen LogP contribution in [0.3, 0.4) is 0 Å². The van der Waals surface area contributed by atoms with Crippen molar-refractivity contribution in [3.63, 3.8) is 0 Å². The summed E-state index contributed by atoms with van der Waals surface area (Å²) in [6.45, 7) is 6.96. The molecule has 1 N–H and O–H groups in total. The molecule has 1 atom stereocenters. The van der Waals surface area contributed by atoms with Gasteiger partial charge in [0.25, 0.3) is 0 Å². The molecule has 0 spiro atoms. The molecule has 0 aliphatic rings. The highest BCUT2D eigenvalue weighted by molar-refractivity contribution is 7.11. The third kappa shape index (κ3) is 2.63. The van der Waals surface area contributed by atoms with E-state index in [9.17, 15) is 0 Å². The Bertz CT molecular complexity index is 463. The van der Waals surface area contributed by atoms with Crippen molar-refractivity contribution in [2.75, 3.05) is 0 Å². The number of hydrogen-bond donors (Lipinski definition) is 1. The second kappa shape index (κ2) is 4.99. The van der Waals surface area contributed by atoms with Gasteiger partial charge in [0.1, 0.15) is 10.0 Å². The number of nitrogens with zero attached hydrogens (tertiary/aromatic N) is 3. The number of aromatic nitrogens is 3. The van der Waals surface area contributed by atoms with Crippen LogP contribution in [0, 0.1) is 13.8 Å². The van der Waals surface area contributed by atoms with Gasteiger partial charge in [-0.25, -0.2) is 4.98 Å². The maximum absolute atomic E-state index is 4.22. The summed E-state index contributed by atoms with van der Waals surface area (Å²) in [6, 6.07) is 0.243. The third-order valence-corrected chi connectivity index (χ3v) is 4.28. The summed E-state index contributed by atoms with van der Waals surface area (Å²) in [5.41, 5.74) is 2.99. The molecule has 0 bridgehead atoms. The zero-order chi connectivity index (χ0) is 11.5. The van der Waals surface area contributed by atoms with E-state index in [1.54, 1.807) is 22.7 Å². The summed E-state index contributed by atoms with van der Waals surface area (Å²) in [7, 11) is 0. The van der Waals surface area contributed by atoms with Crippen molar-refractivity contribution < 1.29 is 0 Å². The highest BCUT2D eigenvalue weighted by Crippen LogP contribution is 2.18. The molecule has 2 aromatic rings. The number of nitrogens with one attached hydrogen (secondary N) is 1. The van der Waals surface area contributed by atoms with Gasteiger partial charge in [0.15, 0.2) is 0 Å². The zero-order valence-electron chi connectivity index (χ0n) is 9.52.